The Hall–Kier alpha value is -3.80. The van der Waals surface area contributed by atoms with E-state index in [0.29, 0.717) is 17.0 Å². The number of aryl methyl sites for hydroxylation is 1. The second-order valence-corrected chi connectivity index (χ2v) is 6.18. The summed E-state index contributed by atoms with van der Waals surface area (Å²) in [6, 6.07) is 18.1. The van der Waals surface area contributed by atoms with Crippen LogP contribution in [0.1, 0.15) is 15.9 Å². The molecule has 0 spiro atoms. The van der Waals surface area contributed by atoms with Crippen LogP contribution >= 0.6 is 0 Å². The van der Waals surface area contributed by atoms with Gasteiger partial charge in [0.2, 0.25) is 0 Å². The Labute approximate surface area is 155 Å². The van der Waals surface area contributed by atoms with Crippen LogP contribution in [0.3, 0.4) is 0 Å². The lowest BCUT2D eigenvalue weighted by Gasteiger charge is -2.09. The van der Waals surface area contributed by atoms with E-state index in [0.717, 1.165) is 16.7 Å². The SMILES string of the molecule is Cc1ccc(Oc2ccc(NC(=O)c3ccc4c[nH]nc4c3O)cc2)cc1. The molecule has 0 aliphatic carbocycles. The van der Waals surface area contributed by atoms with Crippen LogP contribution in [0.15, 0.2) is 66.9 Å². The number of benzene rings is 3. The summed E-state index contributed by atoms with van der Waals surface area (Å²) in [5.41, 5.74) is 2.29. The summed E-state index contributed by atoms with van der Waals surface area (Å²) in [5.74, 6) is 0.849. The topological polar surface area (TPSA) is 87.2 Å². The maximum atomic E-state index is 12.5. The Morgan fingerprint density at radius 1 is 1.00 bits per heavy atom. The predicted octanol–water partition coefficient (Wildman–Crippen LogP) is 4.62. The Balaban J connectivity index is 1.48. The van der Waals surface area contributed by atoms with Crippen molar-refractivity contribution >= 4 is 22.5 Å². The Morgan fingerprint density at radius 2 is 1.67 bits per heavy atom. The molecule has 1 amide bonds. The maximum absolute atomic E-state index is 12.5. The molecule has 0 bridgehead atoms. The highest BCUT2D eigenvalue weighted by atomic mass is 16.5. The number of fused-ring (bicyclic) bond motifs is 1. The monoisotopic (exact) mass is 359 g/mol. The van der Waals surface area contributed by atoms with Crippen LogP contribution in [0.25, 0.3) is 10.9 Å². The Morgan fingerprint density at radius 3 is 2.37 bits per heavy atom. The fourth-order valence-electron chi connectivity index (χ4n) is 2.73. The number of H-pyrrole nitrogens is 1. The van der Waals surface area contributed by atoms with Gasteiger partial charge in [-0.25, -0.2) is 0 Å². The number of aromatic amines is 1. The molecule has 0 radical (unpaired) electrons. The number of phenolic OH excluding ortho intramolecular Hbond substituents is 1. The van der Waals surface area contributed by atoms with Crippen molar-refractivity contribution in [1.82, 2.24) is 10.2 Å². The number of nitrogens with zero attached hydrogens (tertiary/aromatic N) is 1. The molecule has 134 valence electrons. The molecule has 3 aromatic carbocycles. The molecule has 0 unspecified atom stereocenters. The lowest BCUT2D eigenvalue weighted by molar-refractivity contribution is 0.102. The summed E-state index contributed by atoms with van der Waals surface area (Å²) in [6.07, 6.45) is 1.66. The predicted molar refractivity (Wildman–Crippen MR) is 103 cm³/mol. The number of carbonyl (C=O) groups excluding carboxylic acids is 1. The third kappa shape index (κ3) is 3.46. The van der Waals surface area contributed by atoms with E-state index in [1.54, 1.807) is 42.6 Å². The number of phenols is 1. The van der Waals surface area contributed by atoms with Gasteiger partial charge >= 0.3 is 0 Å². The lowest BCUT2D eigenvalue weighted by atomic mass is 10.1. The van der Waals surface area contributed by atoms with Gasteiger partial charge in [-0.3, -0.25) is 9.89 Å². The number of hydrogen-bond donors (Lipinski definition) is 3. The van der Waals surface area contributed by atoms with E-state index >= 15 is 0 Å². The Kier molecular flexibility index (Phi) is 4.22. The number of aromatic hydroxyl groups is 1. The zero-order valence-corrected chi connectivity index (χ0v) is 14.6. The first kappa shape index (κ1) is 16.7. The minimum Gasteiger partial charge on any atom is -0.505 e. The van der Waals surface area contributed by atoms with Gasteiger partial charge in [-0.1, -0.05) is 23.8 Å². The van der Waals surface area contributed by atoms with Crippen molar-refractivity contribution in [3.8, 4) is 17.2 Å². The van der Waals surface area contributed by atoms with E-state index < -0.39 is 5.91 Å². The number of ether oxygens (including phenoxy) is 1. The zero-order valence-electron chi connectivity index (χ0n) is 14.6. The summed E-state index contributed by atoms with van der Waals surface area (Å²) in [4.78, 5) is 12.5. The van der Waals surface area contributed by atoms with Crippen molar-refractivity contribution in [2.75, 3.05) is 5.32 Å². The molecule has 1 aromatic heterocycles. The van der Waals surface area contributed by atoms with Gasteiger partial charge in [0.05, 0.1) is 5.56 Å². The quantitative estimate of drug-likeness (QED) is 0.496. The largest absolute Gasteiger partial charge is 0.505 e. The number of nitrogens with one attached hydrogen (secondary N) is 2. The molecule has 6 heteroatoms. The highest BCUT2D eigenvalue weighted by molar-refractivity contribution is 6.09. The third-order valence-corrected chi connectivity index (χ3v) is 4.19. The second-order valence-electron chi connectivity index (χ2n) is 6.18. The number of carbonyl (C=O) groups is 1. The fourth-order valence-corrected chi connectivity index (χ4v) is 2.73. The normalized spacial score (nSPS) is 10.7. The van der Waals surface area contributed by atoms with Gasteiger partial charge in [-0.15, -0.1) is 0 Å². The molecule has 4 aromatic rings. The summed E-state index contributed by atoms with van der Waals surface area (Å²) in [6.45, 7) is 2.02. The Bertz CT molecular complexity index is 1100. The van der Waals surface area contributed by atoms with Crippen molar-refractivity contribution in [3.05, 3.63) is 78.0 Å². The van der Waals surface area contributed by atoms with Crippen molar-refractivity contribution in [2.24, 2.45) is 0 Å². The molecule has 4 rings (SSSR count). The smallest absolute Gasteiger partial charge is 0.259 e. The molecule has 27 heavy (non-hydrogen) atoms. The molecular weight excluding hydrogens is 342 g/mol. The standard InChI is InChI=1S/C21H17N3O3/c1-13-2-7-16(8-3-13)27-17-9-5-15(6-10-17)23-21(26)18-11-4-14-12-22-24-19(14)20(18)25/h2-12,25H,1H3,(H,22,24)(H,23,26). The van der Waals surface area contributed by atoms with Crippen LogP contribution in [-0.4, -0.2) is 21.2 Å². The summed E-state index contributed by atoms with van der Waals surface area (Å²) < 4.78 is 5.77. The van der Waals surface area contributed by atoms with Gasteiger partial charge in [0.1, 0.15) is 17.0 Å². The summed E-state index contributed by atoms with van der Waals surface area (Å²) in [5, 5.41) is 20.4. The van der Waals surface area contributed by atoms with Crippen molar-refractivity contribution < 1.29 is 14.6 Å². The molecule has 0 aliphatic heterocycles. The highest BCUT2D eigenvalue weighted by Crippen LogP contribution is 2.28. The summed E-state index contributed by atoms with van der Waals surface area (Å²) >= 11 is 0. The molecular formula is C21H17N3O3. The van der Waals surface area contributed by atoms with E-state index in [-0.39, 0.29) is 11.3 Å². The van der Waals surface area contributed by atoms with Gasteiger partial charge in [0.15, 0.2) is 5.75 Å². The minimum absolute atomic E-state index is 0.148. The van der Waals surface area contributed by atoms with Gasteiger partial charge in [-0.05, 0) is 49.4 Å². The van der Waals surface area contributed by atoms with Gasteiger partial charge in [-0.2, -0.15) is 5.10 Å². The van der Waals surface area contributed by atoms with Crippen molar-refractivity contribution in [1.29, 1.82) is 0 Å². The first-order valence-electron chi connectivity index (χ1n) is 8.41. The van der Waals surface area contributed by atoms with Crippen LogP contribution in [0.4, 0.5) is 5.69 Å². The van der Waals surface area contributed by atoms with Crippen molar-refractivity contribution in [3.63, 3.8) is 0 Å². The number of rotatable bonds is 4. The van der Waals surface area contributed by atoms with Gasteiger partial charge in [0, 0.05) is 17.3 Å². The first-order chi connectivity index (χ1) is 13.1. The van der Waals surface area contributed by atoms with E-state index in [9.17, 15) is 9.90 Å². The molecule has 0 fully saturated rings. The minimum atomic E-state index is -0.412. The van der Waals surface area contributed by atoms with E-state index in [1.807, 2.05) is 31.2 Å². The van der Waals surface area contributed by atoms with Crippen molar-refractivity contribution in [2.45, 2.75) is 6.92 Å². The number of anilines is 1. The van der Waals surface area contributed by atoms with Crippen LogP contribution in [0, 0.1) is 6.92 Å². The first-order valence-corrected chi connectivity index (χ1v) is 8.41. The van der Waals surface area contributed by atoms with Gasteiger partial charge < -0.3 is 15.2 Å². The molecule has 3 N–H and O–H groups in total. The fraction of sp³-hybridized carbons (Fsp3) is 0.0476. The number of aromatic nitrogens is 2. The molecule has 0 aliphatic rings. The molecule has 0 atom stereocenters. The van der Waals surface area contributed by atoms with Crippen LogP contribution in [0.2, 0.25) is 0 Å². The third-order valence-electron chi connectivity index (χ3n) is 4.19. The average Bonchev–Trinajstić information content (AvgIpc) is 3.15. The van der Waals surface area contributed by atoms with Crippen LogP contribution in [-0.2, 0) is 0 Å². The van der Waals surface area contributed by atoms with E-state index in [2.05, 4.69) is 15.5 Å². The number of hydrogen-bond acceptors (Lipinski definition) is 4. The molecule has 0 saturated carbocycles. The average molecular weight is 359 g/mol. The lowest BCUT2D eigenvalue weighted by Crippen LogP contribution is -2.12. The zero-order chi connectivity index (χ0) is 18.8. The van der Waals surface area contributed by atoms with E-state index in [4.69, 9.17) is 4.74 Å². The van der Waals surface area contributed by atoms with Gasteiger partial charge in [0.25, 0.3) is 5.91 Å². The molecule has 6 nitrogen and oxygen atoms in total. The maximum Gasteiger partial charge on any atom is 0.259 e. The van der Waals surface area contributed by atoms with Crippen LogP contribution < -0.4 is 10.1 Å². The molecule has 0 saturated heterocycles. The number of amides is 1. The van der Waals surface area contributed by atoms with Crippen LogP contribution in [0.5, 0.6) is 17.2 Å². The van der Waals surface area contributed by atoms with E-state index in [1.165, 1.54) is 0 Å². The second kappa shape index (κ2) is 6.84. The highest BCUT2D eigenvalue weighted by Gasteiger charge is 2.15. The molecule has 1 heterocycles. The summed E-state index contributed by atoms with van der Waals surface area (Å²) in [7, 11) is 0.